The molecule has 3 aliphatic heterocycles. The van der Waals surface area contributed by atoms with Gasteiger partial charge in [0.2, 0.25) is 0 Å². The van der Waals surface area contributed by atoms with E-state index in [1.165, 1.54) is 0 Å². The van der Waals surface area contributed by atoms with E-state index in [2.05, 4.69) is 0 Å². The molecule has 12 heteroatoms. The first-order valence-corrected chi connectivity index (χ1v) is 5.01. The van der Waals surface area contributed by atoms with E-state index in [0.29, 0.717) is 0 Å². The summed E-state index contributed by atoms with van der Waals surface area (Å²) in [5, 5.41) is 29.5. The van der Waals surface area contributed by atoms with E-state index in [0.717, 1.165) is 48.5 Å². The normalized spacial score (nSPS) is 32.3. The minimum absolute atomic E-state index is 0.775. The first-order chi connectivity index (χ1) is 8.09. The van der Waals surface area contributed by atoms with Crippen molar-refractivity contribution in [3.05, 3.63) is 30.6 Å². The molecule has 0 spiro atoms. The lowest BCUT2D eigenvalue weighted by atomic mass is 10.2. The third-order valence-corrected chi connectivity index (χ3v) is 2.97. The molecule has 3 heterocycles. The Kier molecular flexibility index (Phi) is 5.64. The molecule has 0 aromatic rings. The predicted molar refractivity (Wildman–Crippen MR) is 58.8 cm³/mol. The SMILES string of the molecule is N[N+]12CC[N+](N)(CC1)CC2.O=[N+]([O-])[O-].O=[N+]([O-])[O-]. The molecule has 0 amide bonds. The van der Waals surface area contributed by atoms with Crippen molar-refractivity contribution in [3.63, 3.8) is 0 Å². The molecule has 0 atom stereocenters. The van der Waals surface area contributed by atoms with Crippen LogP contribution in [-0.4, -0.2) is 58.6 Å². The molecule has 3 fully saturated rings. The average molecular weight is 268 g/mol. The zero-order chi connectivity index (χ0) is 14.4. The van der Waals surface area contributed by atoms with Crippen LogP contribution in [0, 0.1) is 30.6 Å². The van der Waals surface area contributed by atoms with Crippen LogP contribution in [0.4, 0.5) is 0 Å². The molecule has 0 unspecified atom stereocenters. The summed E-state index contributed by atoms with van der Waals surface area (Å²) in [4.78, 5) is 16.5. The Hall–Kier alpha value is -1.76. The fraction of sp³-hybridized carbons (Fsp3) is 1.00. The van der Waals surface area contributed by atoms with Crippen molar-refractivity contribution in [1.29, 1.82) is 0 Å². The Labute approximate surface area is 102 Å². The van der Waals surface area contributed by atoms with Gasteiger partial charge in [0.15, 0.2) is 0 Å². The van der Waals surface area contributed by atoms with E-state index in [1.807, 2.05) is 0 Å². The molecule has 0 aromatic heterocycles. The maximum Gasteiger partial charge on any atom is 0.148 e. The number of fused-ring (bicyclic) bond motifs is 3. The van der Waals surface area contributed by atoms with Crippen LogP contribution in [0.3, 0.4) is 0 Å². The highest BCUT2D eigenvalue weighted by atomic mass is 16.9. The number of rotatable bonds is 0. The molecule has 18 heavy (non-hydrogen) atoms. The number of piperazine rings is 3. The number of hydrogen-bond acceptors (Lipinski definition) is 8. The fourth-order valence-corrected chi connectivity index (χ4v) is 1.87. The lowest BCUT2D eigenvalue weighted by molar-refractivity contribution is -1.09. The second-order valence-corrected chi connectivity index (χ2v) is 4.23. The zero-order valence-electron chi connectivity index (χ0n) is 9.64. The van der Waals surface area contributed by atoms with Gasteiger partial charge in [0, 0.05) is 0 Å². The van der Waals surface area contributed by atoms with Crippen molar-refractivity contribution in [2.45, 2.75) is 0 Å². The molecule has 0 aromatic carbocycles. The molecule has 0 radical (unpaired) electrons. The molecule has 106 valence electrons. The fourth-order valence-electron chi connectivity index (χ4n) is 1.87. The van der Waals surface area contributed by atoms with Crippen LogP contribution in [-0.2, 0) is 0 Å². The topological polar surface area (TPSA) is 184 Å². The highest BCUT2D eigenvalue weighted by molar-refractivity contribution is 4.54. The van der Waals surface area contributed by atoms with E-state index < -0.39 is 10.2 Å². The van der Waals surface area contributed by atoms with Gasteiger partial charge in [0.1, 0.15) is 39.3 Å². The minimum Gasteiger partial charge on any atom is -0.356 e. The van der Waals surface area contributed by atoms with Crippen molar-refractivity contribution < 1.29 is 19.4 Å². The van der Waals surface area contributed by atoms with E-state index in [1.54, 1.807) is 0 Å². The maximum absolute atomic E-state index is 8.25. The lowest BCUT2D eigenvalue weighted by Crippen LogP contribution is -2.79. The van der Waals surface area contributed by atoms with Gasteiger partial charge in [-0.25, -0.2) is 9.18 Å². The second kappa shape index (κ2) is 6.25. The smallest absolute Gasteiger partial charge is 0.148 e. The highest BCUT2D eigenvalue weighted by Gasteiger charge is 2.46. The molecular weight excluding hydrogens is 252 g/mol. The highest BCUT2D eigenvalue weighted by Crippen LogP contribution is 2.17. The number of nitrogens with zero attached hydrogens (tertiary/aromatic N) is 4. The van der Waals surface area contributed by atoms with Crippen LogP contribution in [0.25, 0.3) is 0 Å². The van der Waals surface area contributed by atoms with Gasteiger partial charge in [-0.2, -0.15) is 11.7 Å². The van der Waals surface area contributed by atoms with E-state index in [4.69, 9.17) is 42.3 Å². The van der Waals surface area contributed by atoms with Gasteiger partial charge < -0.3 is 30.6 Å². The summed E-state index contributed by atoms with van der Waals surface area (Å²) in [5.74, 6) is 12.1. The van der Waals surface area contributed by atoms with Crippen LogP contribution >= 0.6 is 0 Å². The molecule has 2 bridgehead atoms. The quantitative estimate of drug-likeness (QED) is 0.217. The predicted octanol–water partition coefficient (Wildman–Crippen LogP) is -2.08. The summed E-state index contributed by atoms with van der Waals surface area (Å²) < 4.78 is 1.55. The van der Waals surface area contributed by atoms with Crippen molar-refractivity contribution in [1.82, 2.24) is 0 Å². The summed E-state index contributed by atoms with van der Waals surface area (Å²) in [7, 11) is 0. The van der Waals surface area contributed by atoms with Crippen molar-refractivity contribution in [2.75, 3.05) is 39.3 Å². The maximum atomic E-state index is 8.25. The lowest BCUT2D eigenvalue weighted by Gasteiger charge is -2.49. The molecule has 4 N–H and O–H groups in total. The third kappa shape index (κ3) is 6.74. The molecule has 3 aliphatic rings. The average Bonchev–Trinajstić information content (AvgIpc) is 2.19. The molecule has 3 rings (SSSR count). The third-order valence-electron chi connectivity index (χ3n) is 2.97. The molecule has 3 saturated heterocycles. The van der Waals surface area contributed by atoms with Crippen molar-refractivity contribution >= 4 is 0 Å². The number of hydrogen-bond donors (Lipinski definition) is 2. The Bertz CT molecular complexity index is 248. The second-order valence-electron chi connectivity index (χ2n) is 4.23. The van der Waals surface area contributed by atoms with Crippen LogP contribution in [0.1, 0.15) is 0 Å². The summed E-state index contributed by atoms with van der Waals surface area (Å²) in [6.45, 7) is 6.40. The van der Waals surface area contributed by atoms with Gasteiger partial charge in [0.25, 0.3) is 0 Å². The van der Waals surface area contributed by atoms with Crippen LogP contribution < -0.4 is 11.7 Å². The summed E-state index contributed by atoms with van der Waals surface area (Å²) in [6, 6.07) is 0. The van der Waals surface area contributed by atoms with Crippen LogP contribution in [0.2, 0.25) is 0 Å². The van der Waals surface area contributed by atoms with Gasteiger partial charge in [-0.3, -0.25) is 0 Å². The standard InChI is InChI=1S/C6H16N4.2NO3/c7-9-1-2-10(8,5-3-9)6-4-9;2*2-1(3)4/h1-8H2;;/q+2;2*-1. The number of nitrogens with two attached hydrogens (primary N) is 2. The van der Waals surface area contributed by atoms with Crippen LogP contribution in [0.5, 0.6) is 0 Å². The zero-order valence-corrected chi connectivity index (χ0v) is 9.64. The number of quaternary nitrogens is 2. The van der Waals surface area contributed by atoms with E-state index >= 15 is 0 Å². The van der Waals surface area contributed by atoms with Gasteiger partial charge >= 0.3 is 0 Å². The minimum atomic E-state index is -1.75. The van der Waals surface area contributed by atoms with Gasteiger partial charge in [-0.15, -0.1) is 0 Å². The van der Waals surface area contributed by atoms with Crippen molar-refractivity contribution in [2.24, 2.45) is 11.7 Å². The van der Waals surface area contributed by atoms with E-state index in [9.17, 15) is 0 Å². The summed E-state index contributed by atoms with van der Waals surface area (Å²) >= 11 is 0. The van der Waals surface area contributed by atoms with E-state index in [-0.39, 0.29) is 0 Å². The molecule has 0 aliphatic carbocycles. The molecule has 0 saturated carbocycles. The largest absolute Gasteiger partial charge is 0.356 e. The summed E-state index contributed by atoms with van der Waals surface area (Å²) in [5.41, 5.74) is 0. The van der Waals surface area contributed by atoms with Gasteiger partial charge in [-0.05, 0) is 0 Å². The first kappa shape index (κ1) is 16.2. The Morgan fingerprint density at radius 3 is 0.889 bits per heavy atom. The summed E-state index contributed by atoms with van der Waals surface area (Å²) in [6.07, 6.45) is 0. The van der Waals surface area contributed by atoms with Gasteiger partial charge in [0.05, 0.1) is 10.2 Å². The molecule has 12 nitrogen and oxygen atoms in total. The Morgan fingerprint density at radius 1 is 0.667 bits per heavy atom. The molecular formula is C6H16N6O6. The van der Waals surface area contributed by atoms with Crippen molar-refractivity contribution in [3.8, 4) is 0 Å². The first-order valence-electron chi connectivity index (χ1n) is 5.01. The Balaban J connectivity index is 0.000000307. The monoisotopic (exact) mass is 268 g/mol. The van der Waals surface area contributed by atoms with Crippen LogP contribution in [0.15, 0.2) is 0 Å². The Morgan fingerprint density at radius 2 is 0.778 bits per heavy atom. The van der Waals surface area contributed by atoms with Gasteiger partial charge in [-0.1, -0.05) is 0 Å².